The van der Waals surface area contributed by atoms with Gasteiger partial charge in [-0.3, -0.25) is 4.79 Å². The number of anilines is 1. The zero-order valence-corrected chi connectivity index (χ0v) is 13.4. The highest BCUT2D eigenvalue weighted by molar-refractivity contribution is 6.06. The van der Waals surface area contributed by atoms with E-state index >= 15 is 0 Å². The average molecular weight is 377 g/mol. The predicted molar refractivity (Wildman–Crippen MR) is 85.0 cm³/mol. The number of benzene rings is 2. The Labute approximate surface area is 146 Å². The monoisotopic (exact) mass is 376 g/mol. The summed E-state index contributed by atoms with van der Waals surface area (Å²) in [4.78, 5) is 12.3. The van der Waals surface area contributed by atoms with Gasteiger partial charge in [-0.1, -0.05) is 0 Å². The molecule has 0 radical (unpaired) electrons. The largest absolute Gasteiger partial charge is 0.492 e. The molecule has 1 heterocycles. The van der Waals surface area contributed by atoms with Crippen LogP contribution < -0.4 is 15.8 Å². The molecular weight excluding hydrogens is 364 g/mol. The summed E-state index contributed by atoms with van der Waals surface area (Å²) in [5.74, 6) is -5.56. The van der Waals surface area contributed by atoms with Crippen molar-refractivity contribution in [2.45, 2.75) is 12.5 Å². The highest BCUT2D eigenvalue weighted by Gasteiger charge is 2.30. The maximum absolute atomic E-state index is 14.1. The SMILES string of the molecule is Cl.NC1CCOc2c(C(=O)Nc3ccc(F)c(F)c3)c(F)cc(F)c21. The summed E-state index contributed by atoms with van der Waals surface area (Å²) in [5, 5.41) is 2.22. The van der Waals surface area contributed by atoms with E-state index in [0.29, 0.717) is 12.5 Å². The highest BCUT2D eigenvalue weighted by Crippen LogP contribution is 2.37. The van der Waals surface area contributed by atoms with Crippen LogP contribution in [0.1, 0.15) is 28.4 Å². The topological polar surface area (TPSA) is 64.3 Å². The van der Waals surface area contributed by atoms with Crippen LogP contribution in [-0.4, -0.2) is 12.5 Å². The molecule has 0 fully saturated rings. The van der Waals surface area contributed by atoms with Gasteiger partial charge in [0.15, 0.2) is 11.6 Å². The summed E-state index contributed by atoms with van der Waals surface area (Å²) in [7, 11) is 0. The molecule has 0 saturated carbocycles. The quantitative estimate of drug-likeness (QED) is 0.785. The first kappa shape index (κ1) is 19.0. The number of carbonyl (C=O) groups excluding carboxylic acids is 1. The number of nitrogens with two attached hydrogens (primary N) is 1. The molecule has 0 saturated heterocycles. The van der Waals surface area contributed by atoms with E-state index in [4.69, 9.17) is 10.5 Å². The smallest absolute Gasteiger partial charge is 0.262 e. The van der Waals surface area contributed by atoms with Crippen LogP contribution in [0.5, 0.6) is 5.75 Å². The summed E-state index contributed by atoms with van der Waals surface area (Å²) in [6, 6.07) is 2.48. The highest BCUT2D eigenvalue weighted by atomic mass is 35.5. The first-order valence-corrected chi connectivity index (χ1v) is 7.05. The minimum absolute atomic E-state index is 0. The molecule has 25 heavy (non-hydrogen) atoms. The third-order valence-electron chi connectivity index (χ3n) is 3.67. The molecule has 1 aliphatic heterocycles. The van der Waals surface area contributed by atoms with E-state index in [2.05, 4.69) is 5.32 Å². The zero-order valence-electron chi connectivity index (χ0n) is 12.6. The van der Waals surface area contributed by atoms with Crippen LogP contribution in [0.15, 0.2) is 24.3 Å². The van der Waals surface area contributed by atoms with Gasteiger partial charge in [0.05, 0.1) is 6.61 Å². The van der Waals surface area contributed by atoms with Gasteiger partial charge in [-0.2, -0.15) is 0 Å². The molecule has 1 amide bonds. The van der Waals surface area contributed by atoms with Crippen molar-refractivity contribution in [1.29, 1.82) is 0 Å². The first-order valence-electron chi connectivity index (χ1n) is 7.05. The second-order valence-electron chi connectivity index (χ2n) is 5.28. The molecule has 3 N–H and O–H groups in total. The Morgan fingerprint density at radius 3 is 2.48 bits per heavy atom. The number of ether oxygens (including phenoxy) is 1. The summed E-state index contributed by atoms with van der Waals surface area (Å²) in [6.07, 6.45) is 0.319. The van der Waals surface area contributed by atoms with Crippen molar-refractivity contribution in [3.8, 4) is 5.75 Å². The minimum atomic E-state index is -1.17. The van der Waals surface area contributed by atoms with E-state index in [0.717, 1.165) is 18.2 Å². The standard InChI is InChI=1S/C16H12F4N2O2.ClH/c17-8-2-1-7(5-9(8)18)22-16(23)14-11(20)6-10(19)13-12(21)3-4-24-15(13)14;/h1-2,5-6,12H,3-4,21H2,(H,22,23);1H. The summed E-state index contributed by atoms with van der Waals surface area (Å²) >= 11 is 0. The molecule has 3 rings (SSSR count). The van der Waals surface area contributed by atoms with Crippen LogP contribution in [0.4, 0.5) is 23.2 Å². The predicted octanol–water partition coefficient (Wildman–Crippen LogP) is 3.70. The normalized spacial score (nSPS) is 15.6. The van der Waals surface area contributed by atoms with E-state index in [1.807, 2.05) is 0 Å². The molecule has 0 bridgehead atoms. The van der Waals surface area contributed by atoms with Crippen molar-refractivity contribution in [3.63, 3.8) is 0 Å². The van der Waals surface area contributed by atoms with Gasteiger partial charge in [0.1, 0.15) is 22.9 Å². The lowest BCUT2D eigenvalue weighted by atomic mass is 9.96. The number of hydrogen-bond donors (Lipinski definition) is 2. The minimum Gasteiger partial charge on any atom is -0.492 e. The number of halogens is 5. The van der Waals surface area contributed by atoms with E-state index in [1.165, 1.54) is 0 Å². The second kappa shape index (κ2) is 7.28. The molecular formula is C16H13ClF4N2O2. The Morgan fingerprint density at radius 1 is 1.08 bits per heavy atom. The molecule has 1 aliphatic rings. The van der Waals surface area contributed by atoms with Crippen LogP contribution in [0.3, 0.4) is 0 Å². The van der Waals surface area contributed by atoms with Crippen LogP contribution in [0, 0.1) is 23.3 Å². The Balaban J connectivity index is 0.00000225. The van der Waals surface area contributed by atoms with Gasteiger partial charge in [0.2, 0.25) is 0 Å². The number of hydrogen-bond acceptors (Lipinski definition) is 3. The van der Waals surface area contributed by atoms with Crippen LogP contribution in [0.2, 0.25) is 0 Å². The van der Waals surface area contributed by atoms with Crippen LogP contribution in [0.25, 0.3) is 0 Å². The fourth-order valence-electron chi connectivity index (χ4n) is 2.52. The van der Waals surface area contributed by atoms with Crippen LogP contribution in [-0.2, 0) is 0 Å². The first-order chi connectivity index (χ1) is 11.4. The van der Waals surface area contributed by atoms with Crippen molar-refractivity contribution in [1.82, 2.24) is 0 Å². The molecule has 2 aromatic rings. The van der Waals surface area contributed by atoms with Crippen molar-refractivity contribution in [2.24, 2.45) is 5.73 Å². The van der Waals surface area contributed by atoms with Crippen LogP contribution >= 0.6 is 12.4 Å². The maximum atomic E-state index is 14.1. The Hall–Kier alpha value is -2.32. The van der Waals surface area contributed by atoms with Crippen molar-refractivity contribution < 1.29 is 27.1 Å². The van der Waals surface area contributed by atoms with E-state index in [9.17, 15) is 22.4 Å². The van der Waals surface area contributed by atoms with Crippen molar-refractivity contribution in [2.75, 3.05) is 11.9 Å². The van der Waals surface area contributed by atoms with Gasteiger partial charge in [0, 0.05) is 35.8 Å². The molecule has 4 nitrogen and oxygen atoms in total. The van der Waals surface area contributed by atoms with Gasteiger partial charge >= 0.3 is 0 Å². The van der Waals surface area contributed by atoms with Gasteiger partial charge in [-0.25, -0.2) is 17.6 Å². The third-order valence-corrected chi connectivity index (χ3v) is 3.67. The molecule has 0 aromatic heterocycles. The number of amides is 1. The lowest BCUT2D eigenvalue weighted by molar-refractivity contribution is 0.101. The molecule has 1 unspecified atom stereocenters. The Bertz CT molecular complexity index is 832. The van der Waals surface area contributed by atoms with E-state index < -0.39 is 40.8 Å². The van der Waals surface area contributed by atoms with Gasteiger partial charge < -0.3 is 15.8 Å². The summed E-state index contributed by atoms with van der Waals surface area (Å²) in [5.41, 5.74) is 5.08. The number of fused-ring (bicyclic) bond motifs is 1. The van der Waals surface area contributed by atoms with Crippen molar-refractivity contribution in [3.05, 3.63) is 58.7 Å². The second-order valence-corrected chi connectivity index (χ2v) is 5.28. The third kappa shape index (κ3) is 3.54. The number of rotatable bonds is 2. The molecule has 2 aromatic carbocycles. The molecule has 9 heteroatoms. The van der Waals surface area contributed by atoms with Crippen molar-refractivity contribution >= 4 is 24.0 Å². The molecule has 0 spiro atoms. The lowest BCUT2D eigenvalue weighted by Gasteiger charge is -2.25. The summed E-state index contributed by atoms with van der Waals surface area (Å²) in [6.45, 7) is 0.0997. The molecule has 0 aliphatic carbocycles. The molecule has 134 valence electrons. The number of carbonyl (C=O) groups is 1. The van der Waals surface area contributed by atoms with Gasteiger partial charge in [-0.05, 0) is 12.1 Å². The fourth-order valence-corrected chi connectivity index (χ4v) is 2.52. The van der Waals surface area contributed by atoms with Gasteiger partial charge in [0.25, 0.3) is 5.91 Å². The Kier molecular flexibility index (Phi) is 5.54. The molecule has 1 atom stereocenters. The zero-order chi connectivity index (χ0) is 17.4. The van der Waals surface area contributed by atoms with E-state index in [-0.39, 0.29) is 36.0 Å². The van der Waals surface area contributed by atoms with E-state index in [1.54, 1.807) is 0 Å². The van der Waals surface area contributed by atoms with Gasteiger partial charge in [-0.15, -0.1) is 12.4 Å². The Morgan fingerprint density at radius 2 is 1.80 bits per heavy atom. The summed E-state index contributed by atoms with van der Waals surface area (Å²) < 4.78 is 59.4. The maximum Gasteiger partial charge on any atom is 0.262 e. The lowest BCUT2D eigenvalue weighted by Crippen LogP contribution is -2.26. The number of nitrogens with one attached hydrogen (secondary N) is 1. The average Bonchev–Trinajstić information content (AvgIpc) is 2.50. The fraction of sp³-hybridized carbons (Fsp3) is 0.188.